The molecule has 6 heteroatoms. The first-order valence-electron chi connectivity index (χ1n) is 7.75. The van der Waals surface area contributed by atoms with Crippen LogP contribution in [-0.4, -0.2) is 14.5 Å². The lowest BCUT2D eigenvalue weighted by Gasteiger charge is -2.14. The second-order valence-corrected chi connectivity index (χ2v) is 6.31. The predicted octanol–water partition coefficient (Wildman–Crippen LogP) is 5.66. The Kier molecular flexibility index (Phi) is 2.93. The molecule has 120 valence electrons. The second-order valence-electron chi connectivity index (χ2n) is 5.87. The van der Waals surface area contributed by atoms with Crippen molar-refractivity contribution in [1.82, 2.24) is 14.5 Å². The molecule has 0 unspecified atom stereocenters. The third-order valence-corrected chi connectivity index (χ3v) is 4.77. The van der Waals surface area contributed by atoms with Crippen molar-refractivity contribution in [3.63, 3.8) is 0 Å². The van der Waals surface area contributed by atoms with Crippen LogP contribution in [0.4, 0.5) is 5.69 Å². The molecule has 0 fully saturated rings. The van der Waals surface area contributed by atoms with E-state index in [4.69, 9.17) is 11.6 Å². The zero-order valence-corrected chi connectivity index (χ0v) is 13.7. The first-order valence-corrected chi connectivity index (χ1v) is 8.13. The van der Waals surface area contributed by atoms with Gasteiger partial charge in [0.2, 0.25) is 0 Å². The molecule has 0 spiro atoms. The molecule has 2 aromatic carbocycles. The molecular formula is C19H11ClN4O. The number of rotatable bonds is 2. The summed E-state index contributed by atoms with van der Waals surface area (Å²) in [6.45, 7) is 0. The SMILES string of the molecule is O=Nc1c2c(-n3ccnc3)[nH]c3ccc(Cl)cc3c-2c2ccccc12. The van der Waals surface area contributed by atoms with Gasteiger partial charge in [-0.15, -0.1) is 4.91 Å². The van der Waals surface area contributed by atoms with Crippen LogP contribution < -0.4 is 0 Å². The van der Waals surface area contributed by atoms with Crippen molar-refractivity contribution in [2.24, 2.45) is 5.18 Å². The van der Waals surface area contributed by atoms with Gasteiger partial charge in [0.25, 0.3) is 0 Å². The standard InChI is InChI=1S/C19H11ClN4O/c20-11-5-6-15-14(9-11)16-12-3-1-2-4-13(12)18(23-25)17(16)19(22-15)24-8-7-21-10-24/h1-10,22H. The average Bonchev–Trinajstić information content (AvgIpc) is 3.27. The summed E-state index contributed by atoms with van der Waals surface area (Å²) in [6, 6.07) is 13.5. The number of hydrogen-bond acceptors (Lipinski definition) is 3. The molecule has 2 aliphatic rings. The van der Waals surface area contributed by atoms with E-state index in [2.05, 4.69) is 15.1 Å². The van der Waals surface area contributed by atoms with E-state index < -0.39 is 0 Å². The quantitative estimate of drug-likeness (QED) is 0.419. The minimum atomic E-state index is 0.424. The van der Waals surface area contributed by atoms with Crippen molar-refractivity contribution in [1.29, 1.82) is 0 Å². The van der Waals surface area contributed by atoms with Gasteiger partial charge in [0.05, 0.1) is 5.56 Å². The third kappa shape index (κ3) is 1.93. The smallest absolute Gasteiger partial charge is 0.127 e. The van der Waals surface area contributed by atoms with Gasteiger partial charge in [-0.3, -0.25) is 4.57 Å². The topological polar surface area (TPSA) is 63.0 Å². The van der Waals surface area contributed by atoms with Crippen molar-refractivity contribution in [2.75, 3.05) is 0 Å². The van der Waals surface area contributed by atoms with Gasteiger partial charge in [-0.25, -0.2) is 4.98 Å². The summed E-state index contributed by atoms with van der Waals surface area (Å²) in [5.74, 6) is 0.758. The number of benzene rings is 2. The molecule has 5 nitrogen and oxygen atoms in total. The zero-order valence-electron chi connectivity index (χ0n) is 12.9. The number of fused-ring (bicyclic) bond motifs is 5. The normalized spacial score (nSPS) is 11.6. The van der Waals surface area contributed by atoms with E-state index in [0.29, 0.717) is 10.7 Å². The summed E-state index contributed by atoms with van der Waals surface area (Å²) in [5, 5.41) is 6.76. The van der Waals surface area contributed by atoms with Crippen LogP contribution in [0.3, 0.4) is 0 Å². The predicted molar refractivity (Wildman–Crippen MR) is 100 cm³/mol. The molecule has 1 aliphatic heterocycles. The molecule has 3 aromatic rings. The number of nitroso groups, excluding NO2 is 1. The minimum Gasteiger partial charge on any atom is -0.340 e. The molecule has 0 saturated carbocycles. The number of imidazole rings is 1. The Labute approximate surface area is 147 Å². The maximum Gasteiger partial charge on any atom is 0.127 e. The summed E-state index contributed by atoms with van der Waals surface area (Å²) in [4.78, 5) is 19.2. The number of nitrogens with one attached hydrogen (secondary N) is 1. The van der Waals surface area contributed by atoms with Gasteiger partial charge in [-0.05, 0) is 28.8 Å². The molecule has 2 heterocycles. The highest BCUT2D eigenvalue weighted by molar-refractivity contribution is 6.32. The minimum absolute atomic E-state index is 0.424. The average molecular weight is 347 g/mol. The number of H-pyrrole nitrogens is 1. The highest BCUT2D eigenvalue weighted by atomic mass is 35.5. The van der Waals surface area contributed by atoms with Crippen LogP contribution in [0, 0.1) is 4.91 Å². The third-order valence-electron chi connectivity index (χ3n) is 4.53. The fraction of sp³-hybridized carbons (Fsp3) is 0. The Bertz CT molecular complexity index is 1220. The van der Waals surface area contributed by atoms with E-state index >= 15 is 0 Å². The van der Waals surface area contributed by atoms with Crippen LogP contribution >= 0.6 is 11.6 Å². The molecule has 1 aromatic heterocycles. The molecule has 0 radical (unpaired) electrons. The van der Waals surface area contributed by atoms with Crippen LogP contribution in [0.1, 0.15) is 0 Å². The summed E-state index contributed by atoms with van der Waals surface area (Å²) in [6.07, 6.45) is 5.22. The van der Waals surface area contributed by atoms with Gasteiger partial charge in [0.15, 0.2) is 0 Å². The summed E-state index contributed by atoms with van der Waals surface area (Å²) >= 11 is 6.24. The van der Waals surface area contributed by atoms with E-state index in [1.165, 1.54) is 0 Å². The lowest BCUT2D eigenvalue weighted by atomic mass is 10.0. The van der Waals surface area contributed by atoms with Crippen molar-refractivity contribution in [3.8, 4) is 16.9 Å². The molecule has 1 N–H and O–H groups in total. The monoisotopic (exact) mass is 346 g/mol. The Balaban J connectivity index is 2.09. The van der Waals surface area contributed by atoms with Gasteiger partial charge in [0, 0.05) is 39.3 Å². The molecule has 1 aliphatic carbocycles. The van der Waals surface area contributed by atoms with Crippen molar-refractivity contribution < 1.29 is 0 Å². The van der Waals surface area contributed by atoms with Crippen LogP contribution in [0.2, 0.25) is 5.02 Å². The highest BCUT2D eigenvalue weighted by Gasteiger charge is 2.25. The summed E-state index contributed by atoms with van der Waals surface area (Å²) < 4.78 is 1.85. The molecule has 25 heavy (non-hydrogen) atoms. The van der Waals surface area contributed by atoms with Crippen molar-refractivity contribution >= 4 is 39.0 Å². The van der Waals surface area contributed by atoms with E-state index in [1.807, 2.05) is 53.2 Å². The molecule has 0 bridgehead atoms. The van der Waals surface area contributed by atoms with Crippen LogP contribution in [0.25, 0.3) is 38.6 Å². The number of aromatic amines is 1. The zero-order chi connectivity index (χ0) is 17.0. The lowest BCUT2D eigenvalue weighted by Crippen LogP contribution is -1.99. The van der Waals surface area contributed by atoms with E-state index in [0.717, 1.165) is 38.6 Å². The number of pyridine rings is 1. The van der Waals surface area contributed by atoms with Gasteiger partial charge >= 0.3 is 0 Å². The van der Waals surface area contributed by atoms with Crippen LogP contribution in [-0.2, 0) is 0 Å². The summed E-state index contributed by atoms with van der Waals surface area (Å²) in [7, 11) is 0. The highest BCUT2D eigenvalue weighted by Crippen LogP contribution is 2.50. The van der Waals surface area contributed by atoms with Crippen LogP contribution in [0.5, 0.6) is 0 Å². The second kappa shape index (κ2) is 5.16. The summed E-state index contributed by atoms with van der Waals surface area (Å²) in [5.41, 5.74) is 3.08. The Morgan fingerprint density at radius 3 is 2.64 bits per heavy atom. The lowest BCUT2D eigenvalue weighted by molar-refractivity contribution is 1.01. The van der Waals surface area contributed by atoms with Crippen LogP contribution in [0.15, 0.2) is 66.4 Å². The Morgan fingerprint density at radius 2 is 1.88 bits per heavy atom. The number of aromatic nitrogens is 3. The van der Waals surface area contributed by atoms with Gasteiger partial charge in [-0.2, -0.15) is 0 Å². The number of hydrogen-bond donors (Lipinski definition) is 1. The number of nitrogens with zero attached hydrogens (tertiary/aromatic N) is 3. The van der Waals surface area contributed by atoms with Crippen molar-refractivity contribution in [3.05, 3.63) is 71.1 Å². The first kappa shape index (κ1) is 14.2. The van der Waals surface area contributed by atoms with E-state index in [1.54, 1.807) is 12.5 Å². The van der Waals surface area contributed by atoms with Gasteiger partial charge < -0.3 is 4.98 Å². The van der Waals surface area contributed by atoms with E-state index in [-0.39, 0.29) is 0 Å². The Hall–Kier alpha value is -3.18. The van der Waals surface area contributed by atoms with Gasteiger partial charge in [-0.1, -0.05) is 35.9 Å². The fourth-order valence-corrected chi connectivity index (χ4v) is 3.68. The first-order chi connectivity index (χ1) is 12.3. The largest absolute Gasteiger partial charge is 0.340 e. The van der Waals surface area contributed by atoms with Gasteiger partial charge in [0.1, 0.15) is 17.8 Å². The molecule has 0 atom stereocenters. The maximum absolute atomic E-state index is 11.7. The van der Waals surface area contributed by atoms with E-state index in [9.17, 15) is 4.91 Å². The molecule has 0 amide bonds. The fourth-order valence-electron chi connectivity index (χ4n) is 3.51. The number of halogens is 1. The van der Waals surface area contributed by atoms with Crippen molar-refractivity contribution in [2.45, 2.75) is 0 Å². The Morgan fingerprint density at radius 1 is 1.04 bits per heavy atom. The maximum atomic E-state index is 11.7. The molecule has 0 saturated heterocycles. The molecular weight excluding hydrogens is 336 g/mol. The molecule has 5 rings (SSSR count).